The van der Waals surface area contributed by atoms with Crippen molar-refractivity contribution in [3.05, 3.63) is 12.2 Å². The molecule has 0 bridgehead atoms. The number of rotatable bonds is 3. The predicted octanol–water partition coefficient (Wildman–Crippen LogP) is 0.502. The van der Waals surface area contributed by atoms with Crippen molar-refractivity contribution >= 4 is 5.97 Å². The molecule has 0 aliphatic heterocycles. The van der Waals surface area contributed by atoms with E-state index in [1.54, 1.807) is 0 Å². The van der Waals surface area contributed by atoms with Gasteiger partial charge in [0.05, 0.1) is 5.92 Å². The maximum Gasteiger partial charge on any atom is 0.307 e. The topological polar surface area (TPSA) is 57.5 Å². The fourth-order valence-electron chi connectivity index (χ4n) is 1.47. The van der Waals surface area contributed by atoms with Crippen LogP contribution in [0.15, 0.2) is 12.2 Å². The SMILES string of the molecule is CC=CC1C(CO)C1C(=O)O. The molecule has 1 aliphatic rings. The molecule has 3 heteroatoms. The predicted molar refractivity (Wildman–Crippen MR) is 40.0 cm³/mol. The zero-order valence-corrected chi connectivity index (χ0v) is 6.40. The van der Waals surface area contributed by atoms with Crippen LogP contribution in [0, 0.1) is 17.8 Å². The molecule has 62 valence electrons. The summed E-state index contributed by atoms with van der Waals surface area (Å²) >= 11 is 0. The molecule has 0 amide bonds. The highest BCUT2D eigenvalue weighted by atomic mass is 16.4. The van der Waals surface area contributed by atoms with E-state index in [9.17, 15) is 4.79 Å². The molecule has 2 N–H and O–H groups in total. The molecule has 3 nitrogen and oxygen atoms in total. The summed E-state index contributed by atoms with van der Waals surface area (Å²) in [5.41, 5.74) is 0. The van der Waals surface area contributed by atoms with Gasteiger partial charge < -0.3 is 10.2 Å². The van der Waals surface area contributed by atoms with E-state index in [2.05, 4.69) is 0 Å². The molecular formula is C8H12O3. The van der Waals surface area contributed by atoms with E-state index >= 15 is 0 Å². The van der Waals surface area contributed by atoms with E-state index in [1.165, 1.54) is 0 Å². The Bertz CT molecular complexity index is 186. The third-order valence-electron chi connectivity index (χ3n) is 2.14. The number of carboxylic acids is 1. The molecule has 1 saturated carbocycles. The van der Waals surface area contributed by atoms with E-state index in [1.807, 2.05) is 19.1 Å². The van der Waals surface area contributed by atoms with Crippen LogP contribution in [-0.2, 0) is 4.79 Å². The highest BCUT2D eigenvalue weighted by molar-refractivity contribution is 5.75. The van der Waals surface area contributed by atoms with Gasteiger partial charge in [0, 0.05) is 12.5 Å². The number of carbonyl (C=O) groups is 1. The first-order chi connectivity index (χ1) is 5.22. The fourth-order valence-corrected chi connectivity index (χ4v) is 1.47. The van der Waals surface area contributed by atoms with Crippen molar-refractivity contribution in [1.82, 2.24) is 0 Å². The van der Waals surface area contributed by atoms with Crippen LogP contribution in [0.4, 0.5) is 0 Å². The average Bonchev–Trinajstić information content (AvgIpc) is 2.63. The van der Waals surface area contributed by atoms with Crippen LogP contribution in [-0.4, -0.2) is 22.8 Å². The average molecular weight is 156 g/mol. The minimum absolute atomic E-state index is 0.0219. The van der Waals surface area contributed by atoms with Crippen molar-refractivity contribution in [2.45, 2.75) is 6.92 Å². The van der Waals surface area contributed by atoms with Crippen LogP contribution < -0.4 is 0 Å². The van der Waals surface area contributed by atoms with Crippen LogP contribution >= 0.6 is 0 Å². The van der Waals surface area contributed by atoms with Crippen molar-refractivity contribution in [2.75, 3.05) is 6.61 Å². The van der Waals surface area contributed by atoms with Crippen LogP contribution in [0.5, 0.6) is 0 Å². The molecule has 0 radical (unpaired) electrons. The van der Waals surface area contributed by atoms with E-state index in [4.69, 9.17) is 10.2 Å². The van der Waals surface area contributed by atoms with E-state index in [0.29, 0.717) is 0 Å². The van der Waals surface area contributed by atoms with E-state index < -0.39 is 5.97 Å². The lowest BCUT2D eigenvalue weighted by Gasteiger charge is -1.84. The zero-order chi connectivity index (χ0) is 8.43. The number of hydrogen-bond donors (Lipinski definition) is 2. The normalized spacial score (nSPS) is 36.0. The molecule has 3 unspecified atom stereocenters. The fraction of sp³-hybridized carbons (Fsp3) is 0.625. The van der Waals surface area contributed by atoms with Gasteiger partial charge in [-0.25, -0.2) is 0 Å². The highest BCUT2D eigenvalue weighted by Crippen LogP contribution is 2.46. The number of carboxylic acid groups (broad SMARTS) is 1. The first-order valence-electron chi connectivity index (χ1n) is 3.68. The largest absolute Gasteiger partial charge is 0.481 e. The van der Waals surface area contributed by atoms with Gasteiger partial charge in [-0.05, 0) is 12.8 Å². The summed E-state index contributed by atoms with van der Waals surface area (Å²) in [6.07, 6.45) is 3.68. The molecule has 1 rings (SSSR count). The number of allylic oxidation sites excluding steroid dienone is 2. The van der Waals surface area contributed by atoms with Crippen molar-refractivity contribution in [1.29, 1.82) is 0 Å². The summed E-state index contributed by atoms with van der Waals surface area (Å²) in [6, 6.07) is 0. The Labute approximate surface area is 65.3 Å². The molecule has 11 heavy (non-hydrogen) atoms. The van der Waals surface area contributed by atoms with Gasteiger partial charge in [-0.2, -0.15) is 0 Å². The second kappa shape index (κ2) is 3.05. The number of aliphatic hydroxyl groups excluding tert-OH is 1. The smallest absolute Gasteiger partial charge is 0.307 e. The zero-order valence-electron chi connectivity index (χ0n) is 6.40. The van der Waals surface area contributed by atoms with Crippen LogP contribution in [0.25, 0.3) is 0 Å². The van der Waals surface area contributed by atoms with E-state index in [0.717, 1.165) is 0 Å². The highest BCUT2D eigenvalue weighted by Gasteiger charge is 2.52. The molecule has 0 spiro atoms. The quantitative estimate of drug-likeness (QED) is 0.585. The summed E-state index contributed by atoms with van der Waals surface area (Å²) < 4.78 is 0. The second-order valence-electron chi connectivity index (χ2n) is 2.81. The molecule has 0 saturated heterocycles. The van der Waals surface area contributed by atoms with Crippen LogP contribution in [0.2, 0.25) is 0 Å². The Balaban J connectivity index is 2.52. The number of aliphatic hydroxyl groups is 1. The van der Waals surface area contributed by atoms with Gasteiger partial charge >= 0.3 is 5.97 Å². The van der Waals surface area contributed by atoms with Gasteiger partial charge in [0.1, 0.15) is 0 Å². The van der Waals surface area contributed by atoms with Gasteiger partial charge in [0.25, 0.3) is 0 Å². The first-order valence-corrected chi connectivity index (χ1v) is 3.68. The Morgan fingerprint density at radius 3 is 2.55 bits per heavy atom. The molecule has 0 heterocycles. The van der Waals surface area contributed by atoms with Crippen molar-refractivity contribution in [3.8, 4) is 0 Å². The molecule has 0 aromatic rings. The molecule has 0 aromatic carbocycles. The standard InChI is InChI=1S/C8H12O3/c1-2-3-5-6(4-9)7(5)8(10)11/h2-3,5-7,9H,4H2,1H3,(H,10,11). The Kier molecular flexibility index (Phi) is 2.29. The lowest BCUT2D eigenvalue weighted by atomic mass is 10.3. The summed E-state index contributed by atoms with van der Waals surface area (Å²) in [4.78, 5) is 10.5. The third kappa shape index (κ3) is 1.43. The summed E-state index contributed by atoms with van der Waals surface area (Å²) in [6.45, 7) is 1.83. The maximum atomic E-state index is 10.5. The van der Waals surface area contributed by atoms with Crippen molar-refractivity contribution in [2.24, 2.45) is 17.8 Å². The number of aliphatic carboxylic acids is 1. The molecule has 3 atom stereocenters. The van der Waals surface area contributed by atoms with Gasteiger partial charge in [-0.15, -0.1) is 0 Å². The van der Waals surface area contributed by atoms with Gasteiger partial charge in [-0.3, -0.25) is 4.79 Å². The minimum atomic E-state index is -0.799. The lowest BCUT2D eigenvalue weighted by Crippen LogP contribution is -2.01. The minimum Gasteiger partial charge on any atom is -0.481 e. The van der Waals surface area contributed by atoms with Crippen molar-refractivity contribution in [3.63, 3.8) is 0 Å². The Morgan fingerprint density at radius 2 is 2.27 bits per heavy atom. The van der Waals surface area contributed by atoms with Gasteiger partial charge in [0.2, 0.25) is 0 Å². The molecule has 1 fully saturated rings. The summed E-state index contributed by atoms with van der Waals surface area (Å²) in [5, 5.41) is 17.3. The lowest BCUT2D eigenvalue weighted by molar-refractivity contribution is -0.139. The van der Waals surface area contributed by atoms with Gasteiger partial charge in [0.15, 0.2) is 0 Å². The van der Waals surface area contributed by atoms with Crippen LogP contribution in [0.1, 0.15) is 6.92 Å². The summed E-state index contributed by atoms with van der Waals surface area (Å²) in [5.74, 6) is -1.14. The van der Waals surface area contributed by atoms with Gasteiger partial charge in [-0.1, -0.05) is 12.2 Å². The molecule has 0 aromatic heterocycles. The molecule has 1 aliphatic carbocycles. The van der Waals surface area contributed by atoms with Crippen LogP contribution in [0.3, 0.4) is 0 Å². The van der Waals surface area contributed by atoms with Crippen molar-refractivity contribution < 1.29 is 15.0 Å². The molecular weight excluding hydrogens is 144 g/mol. The summed E-state index contributed by atoms with van der Waals surface area (Å²) in [7, 11) is 0. The first kappa shape index (κ1) is 8.27. The third-order valence-corrected chi connectivity index (χ3v) is 2.14. The maximum absolute atomic E-state index is 10.5. The van der Waals surface area contributed by atoms with E-state index in [-0.39, 0.29) is 24.4 Å². The second-order valence-corrected chi connectivity index (χ2v) is 2.81. The Morgan fingerprint density at radius 1 is 1.64 bits per heavy atom. The monoisotopic (exact) mass is 156 g/mol. The Hall–Kier alpha value is -0.830. The number of hydrogen-bond acceptors (Lipinski definition) is 2.